The van der Waals surface area contributed by atoms with Crippen molar-refractivity contribution in [1.29, 1.82) is 0 Å². The first kappa shape index (κ1) is 18.8. The molecule has 28 heavy (non-hydrogen) atoms. The molecule has 1 aromatic heterocycles. The average molecular weight is 376 g/mol. The Hall–Kier alpha value is -2.59. The number of amides is 1. The van der Waals surface area contributed by atoms with Crippen LogP contribution in [0, 0.1) is 0 Å². The molecule has 1 unspecified atom stereocenters. The third-order valence-corrected chi connectivity index (χ3v) is 6.00. The monoisotopic (exact) mass is 375 g/mol. The predicted molar refractivity (Wildman–Crippen MR) is 115 cm³/mol. The number of benzene rings is 2. The number of hydrogen-bond acceptors (Lipinski definition) is 2. The molecule has 1 aliphatic heterocycles. The van der Waals surface area contributed by atoms with E-state index in [-0.39, 0.29) is 11.9 Å². The lowest BCUT2D eigenvalue weighted by atomic mass is 10.1. The Morgan fingerprint density at radius 1 is 0.893 bits per heavy atom. The molecule has 0 N–H and O–H groups in total. The van der Waals surface area contributed by atoms with Gasteiger partial charge >= 0.3 is 0 Å². The molecule has 1 atom stereocenters. The minimum Gasteiger partial charge on any atom is -0.340 e. The number of aromatic nitrogens is 1. The van der Waals surface area contributed by atoms with Gasteiger partial charge < -0.3 is 9.47 Å². The Labute approximate surface area is 167 Å². The largest absolute Gasteiger partial charge is 0.340 e. The van der Waals surface area contributed by atoms with Gasteiger partial charge in [-0.1, -0.05) is 30.3 Å². The van der Waals surface area contributed by atoms with Gasteiger partial charge in [0.05, 0.1) is 6.04 Å². The Kier molecular flexibility index (Phi) is 5.23. The van der Waals surface area contributed by atoms with Crippen molar-refractivity contribution in [3.05, 3.63) is 71.9 Å². The van der Waals surface area contributed by atoms with E-state index >= 15 is 0 Å². The highest BCUT2D eigenvalue weighted by Gasteiger charge is 2.23. The number of rotatable bonds is 4. The number of carbonyl (C=O) groups excluding carboxylic acids is 1. The molecule has 0 saturated carbocycles. The van der Waals surface area contributed by atoms with E-state index in [4.69, 9.17) is 0 Å². The fourth-order valence-corrected chi connectivity index (χ4v) is 4.15. The van der Waals surface area contributed by atoms with Crippen molar-refractivity contribution in [3.63, 3.8) is 0 Å². The number of nitrogens with zero attached hydrogens (tertiary/aromatic N) is 3. The molecule has 2 aromatic carbocycles. The van der Waals surface area contributed by atoms with Gasteiger partial charge in [-0.2, -0.15) is 0 Å². The van der Waals surface area contributed by atoms with Gasteiger partial charge in [0.2, 0.25) is 0 Å². The van der Waals surface area contributed by atoms with Crippen molar-refractivity contribution in [2.24, 2.45) is 0 Å². The minimum atomic E-state index is 0.147. The summed E-state index contributed by atoms with van der Waals surface area (Å²) >= 11 is 0. The Balaban J connectivity index is 1.54. The molecular formula is C24H29N3O. The van der Waals surface area contributed by atoms with E-state index < -0.39 is 0 Å². The van der Waals surface area contributed by atoms with Crippen LogP contribution >= 0.6 is 0 Å². The summed E-state index contributed by atoms with van der Waals surface area (Å²) in [7, 11) is 0. The first-order valence-electron chi connectivity index (χ1n) is 10.2. The summed E-state index contributed by atoms with van der Waals surface area (Å²) in [5.41, 5.74) is 3.23. The molecule has 1 saturated heterocycles. The highest BCUT2D eigenvalue weighted by molar-refractivity contribution is 5.98. The number of carbonyl (C=O) groups is 1. The average Bonchev–Trinajstić information content (AvgIpc) is 3.16. The smallest absolute Gasteiger partial charge is 0.253 e. The van der Waals surface area contributed by atoms with E-state index in [0.717, 1.165) is 42.6 Å². The van der Waals surface area contributed by atoms with Gasteiger partial charge in [-0.25, -0.2) is 0 Å². The van der Waals surface area contributed by atoms with Crippen LogP contribution in [0.2, 0.25) is 0 Å². The molecule has 0 bridgehead atoms. The zero-order valence-electron chi connectivity index (χ0n) is 17.0. The number of hydrogen-bond donors (Lipinski definition) is 0. The SMILES string of the molecule is CC(C)N1CCN(C(=O)c2ccc3c(ccn3C(C)c3ccccc3)c2)CC1. The van der Waals surface area contributed by atoms with Gasteiger partial charge in [0, 0.05) is 54.9 Å². The van der Waals surface area contributed by atoms with Gasteiger partial charge in [0.25, 0.3) is 5.91 Å². The normalized spacial score (nSPS) is 16.6. The van der Waals surface area contributed by atoms with E-state index in [0.29, 0.717) is 6.04 Å². The first-order valence-corrected chi connectivity index (χ1v) is 10.2. The zero-order chi connectivity index (χ0) is 19.7. The lowest BCUT2D eigenvalue weighted by Gasteiger charge is -2.37. The van der Waals surface area contributed by atoms with E-state index in [1.807, 2.05) is 23.1 Å². The topological polar surface area (TPSA) is 28.5 Å². The third-order valence-electron chi connectivity index (χ3n) is 6.00. The summed E-state index contributed by atoms with van der Waals surface area (Å²) in [4.78, 5) is 17.4. The van der Waals surface area contributed by atoms with Crippen LogP contribution in [0.4, 0.5) is 0 Å². The minimum absolute atomic E-state index is 0.147. The van der Waals surface area contributed by atoms with Gasteiger partial charge in [-0.05, 0) is 50.6 Å². The van der Waals surface area contributed by atoms with Crippen molar-refractivity contribution in [2.45, 2.75) is 32.9 Å². The van der Waals surface area contributed by atoms with Crippen molar-refractivity contribution in [3.8, 4) is 0 Å². The molecule has 1 amide bonds. The van der Waals surface area contributed by atoms with Gasteiger partial charge in [0.1, 0.15) is 0 Å². The first-order chi connectivity index (χ1) is 13.5. The van der Waals surface area contributed by atoms with Crippen molar-refractivity contribution >= 4 is 16.8 Å². The van der Waals surface area contributed by atoms with E-state index in [1.54, 1.807) is 0 Å². The second-order valence-electron chi connectivity index (χ2n) is 8.01. The fraction of sp³-hybridized carbons (Fsp3) is 0.375. The Morgan fingerprint density at radius 3 is 2.29 bits per heavy atom. The quantitative estimate of drug-likeness (QED) is 0.675. The maximum Gasteiger partial charge on any atom is 0.253 e. The Bertz CT molecular complexity index is 952. The van der Waals surface area contributed by atoms with Crippen LogP contribution in [-0.4, -0.2) is 52.5 Å². The standard InChI is InChI=1S/C24H29N3O/c1-18(2)25-13-15-26(16-14-25)24(28)22-9-10-23-21(17-22)11-12-27(23)19(3)20-7-5-4-6-8-20/h4-12,17-19H,13-16H2,1-3H3. The molecule has 0 spiro atoms. The zero-order valence-corrected chi connectivity index (χ0v) is 17.0. The molecule has 1 fully saturated rings. The van der Waals surface area contributed by atoms with Crippen LogP contribution in [-0.2, 0) is 0 Å². The number of piperazine rings is 1. The molecule has 4 nitrogen and oxygen atoms in total. The van der Waals surface area contributed by atoms with Crippen molar-refractivity contribution < 1.29 is 4.79 Å². The third kappa shape index (κ3) is 3.57. The molecule has 2 heterocycles. The van der Waals surface area contributed by atoms with E-state index in [2.05, 4.69) is 72.8 Å². The summed E-state index contributed by atoms with van der Waals surface area (Å²) < 4.78 is 2.28. The van der Waals surface area contributed by atoms with Crippen LogP contribution < -0.4 is 0 Å². The molecule has 0 aliphatic carbocycles. The van der Waals surface area contributed by atoms with Crippen LogP contribution in [0.3, 0.4) is 0 Å². The summed E-state index contributed by atoms with van der Waals surface area (Å²) in [5, 5.41) is 1.12. The fourth-order valence-electron chi connectivity index (χ4n) is 4.15. The molecule has 1 aliphatic rings. The molecule has 4 heteroatoms. The Morgan fingerprint density at radius 2 is 1.61 bits per heavy atom. The summed E-state index contributed by atoms with van der Waals surface area (Å²) in [5.74, 6) is 0.147. The van der Waals surface area contributed by atoms with Crippen molar-refractivity contribution in [1.82, 2.24) is 14.4 Å². The lowest BCUT2D eigenvalue weighted by Crippen LogP contribution is -2.50. The second-order valence-corrected chi connectivity index (χ2v) is 8.01. The van der Waals surface area contributed by atoms with Crippen molar-refractivity contribution in [2.75, 3.05) is 26.2 Å². The molecule has 4 rings (SSSR count). The van der Waals surface area contributed by atoms with E-state index in [9.17, 15) is 4.79 Å². The number of fused-ring (bicyclic) bond motifs is 1. The molecule has 0 radical (unpaired) electrons. The predicted octanol–water partition coefficient (Wildman–Crippen LogP) is 4.42. The van der Waals surface area contributed by atoms with Gasteiger partial charge in [0.15, 0.2) is 0 Å². The molecule has 3 aromatic rings. The maximum absolute atomic E-state index is 13.0. The van der Waals surface area contributed by atoms with Crippen LogP contribution in [0.25, 0.3) is 10.9 Å². The summed E-state index contributed by atoms with van der Waals surface area (Å²) in [6.07, 6.45) is 2.12. The van der Waals surface area contributed by atoms with Gasteiger partial charge in [-0.15, -0.1) is 0 Å². The molecule has 146 valence electrons. The summed E-state index contributed by atoms with van der Waals surface area (Å²) in [6.45, 7) is 10.2. The highest BCUT2D eigenvalue weighted by atomic mass is 16.2. The van der Waals surface area contributed by atoms with Crippen LogP contribution in [0.1, 0.15) is 42.7 Å². The maximum atomic E-state index is 13.0. The van der Waals surface area contributed by atoms with Crippen LogP contribution in [0.15, 0.2) is 60.8 Å². The van der Waals surface area contributed by atoms with Gasteiger partial charge in [-0.3, -0.25) is 9.69 Å². The summed E-state index contributed by atoms with van der Waals surface area (Å²) in [6, 6.07) is 19.5. The highest BCUT2D eigenvalue weighted by Crippen LogP contribution is 2.26. The second kappa shape index (κ2) is 7.80. The molecular weight excluding hydrogens is 346 g/mol. The van der Waals surface area contributed by atoms with E-state index in [1.165, 1.54) is 5.56 Å². The van der Waals surface area contributed by atoms with Crippen LogP contribution in [0.5, 0.6) is 0 Å². The lowest BCUT2D eigenvalue weighted by molar-refractivity contribution is 0.0595.